The van der Waals surface area contributed by atoms with E-state index in [2.05, 4.69) is 4.90 Å². The highest BCUT2D eigenvalue weighted by Crippen LogP contribution is 2.34. The lowest BCUT2D eigenvalue weighted by Crippen LogP contribution is -2.46. The van der Waals surface area contributed by atoms with Crippen molar-refractivity contribution in [3.05, 3.63) is 29.6 Å². The molecule has 2 aliphatic rings. The maximum atomic E-state index is 14.1. The number of carbonyl (C=O) groups is 1. The zero-order valence-electron chi connectivity index (χ0n) is 20.1. The van der Waals surface area contributed by atoms with Crippen LogP contribution in [0.2, 0.25) is 0 Å². The molecule has 32 heavy (non-hydrogen) atoms. The summed E-state index contributed by atoms with van der Waals surface area (Å²) in [5.74, 6) is 0.144. The average molecular weight is 468 g/mol. The van der Waals surface area contributed by atoms with Gasteiger partial charge in [-0.2, -0.15) is 0 Å². The van der Waals surface area contributed by atoms with E-state index in [-0.39, 0.29) is 47.8 Å². The molecule has 0 amide bonds. The third-order valence-corrected chi connectivity index (χ3v) is 9.64. The number of nitrogens with zero attached hydrogens (tertiary/aromatic N) is 1. The number of hydrogen-bond acceptors (Lipinski definition) is 5. The maximum Gasteiger partial charge on any atom is 0.155 e. The van der Waals surface area contributed by atoms with E-state index >= 15 is 0 Å². The van der Waals surface area contributed by atoms with E-state index in [1.807, 2.05) is 13.8 Å². The summed E-state index contributed by atoms with van der Waals surface area (Å²) in [4.78, 5) is 15.2. The van der Waals surface area contributed by atoms with Crippen molar-refractivity contribution in [1.82, 2.24) is 0 Å². The third kappa shape index (κ3) is 6.10. The summed E-state index contributed by atoms with van der Waals surface area (Å²) < 4.78 is 44.2. The summed E-state index contributed by atoms with van der Waals surface area (Å²) in [7, 11) is -3.15. The van der Waals surface area contributed by atoms with Gasteiger partial charge in [-0.05, 0) is 83.9 Å². The molecule has 0 radical (unpaired) electrons. The van der Waals surface area contributed by atoms with Crippen LogP contribution in [0.5, 0.6) is 0 Å². The molecule has 180 valence electrons. The Morgan fingerprint density at radius 1 is 1.09 bits per heavy atom. The highest BCUT2D eigenvalue weighted by Gasteiger charge is 2.35. The van der Waals surface area contributed by atoms with Gasteiger partial charge in [-0.15, -0.1) is 0 Å². The van der Waals surface area contributed by atoms with E-state index in [0.717, 1.165) is 36.9 Å². The van der Waals surface area contributed by atoms with E-state index in [9.17, 15) is 17.6 Å². The molecular weight excluding hydrogens is 429 g/mol. The number of benzene rings is 1. The molecule has 0 N–H and O–H groups in total. The number of hydrogen-bond donors (Lipinski definition) is 0. The van der Waals surface area contributed by atoms with Crippen LogP contribution in [0.25, 0.3) is 0 Å². The minimum atomic E-state index is -3.15. The SMILES string of the molecule is C[C@@H]1CN(c2cc(F)ccc2CC(=O)C2CCC(CS(=O)(=O)C(C)(C)C)CC2)C[C@H](C)O1. The van der Waals surface area contributed by atoms with Crippen molar-refractivity contribution >= 4 is 21.3 Å². The van der Waals surface area contributed by atoms with Gasteiger partial charge < -0.3 is 9.64 Å². The topological polar surface area (TPSA) is 63.7 Å². The fraction of sp³-hybridized carbons (Fsp3) is 0.720. The number of morpholine rings is 1. The van der Waals surface area contributed by atoms with Crippen molar-refractivity contribution in [2.24, 2.45) is 11.8 Å². The van der Waals surface area contributed by atoms with E-state index in [1.165, 1.54) is 12.1 Å². The number of sulfone groups is 1. The van der Waals surface area contributed by atoms with Crippen LogP contribution in [0, 0.1) is 17.7 Å². The second-order valence-corrected chi connectivity index (χ2v) is 13.5. The molecule has 5 nitrogen and oxygen atoms in total. The Balaban J connectivity index is 1.64. The lowest BCUT2D eigenvalue weighted by atomic mass is 9.79. The molecular formula is C25H38FNO4S. The smallest absolute Gasteiger partial charge is 0.155 e. The Hall–Kier alpha value is -1.47. The van der Waals surface area contributed by atoms with Gasteiger partial charge in [0.25, 0.3) is 0 Å². The van der Waals surface area contributed by atoms with Crippen molar-refractivity contribution in [1.29, 1.82) is 0 Å². The first-order chi connectivity index (χ1) is 14.9. The zero-order chi connectivity index (χ0) is 23.7. The minimum absolute atomic E-state index is 0.0465. The van der Waals surface area contributed by atoms with Crippen molar-refractivity contribution in [3.8, 4) is 0 Å². The first kappa shape index (κ1) is 25.2. The van der Waals surface area contributed by atoms with E-state index in [0.29, 0.717) is 13.1 Å². The van der Waals surface area contributed by atoms with Crippen molar-refractivity contribution in [2.45, 2.75) is 83.7 Å². The van der Waals surface area contributed by atoms with Gasteiger partial charge >= 0.3 is 0 Å². The van der Waals surface area contributed by atoms with E-state index in [1.54, 1.807) is 26.8 Å². The Morgan fingerprint density at radius 2 is 1.69 bits per heavy atom. The van der Waals surface area contributed by atoms with Crippen molar-refractivity contribution in [2.75, 3.05) is 23.7 Å². The molecule has 1 aliphatic carbocycles. The standard InChI is InChI=1S/C25H38FNO4S/c1-17-14-27(15-18(2)31-17)23-13-22(26)11-10-21(23)12-24(28)20-8-6-19(7-9-20)16-32(29,30)25(3,4)5/h10-11,13,17-20H,6-9,12,14-16H2,1-5H3/t17-,18+,19?,20?. The molecule has 1 saturated carbocycles. The molecule has 2 fully saturated rings. The number of ketones is 1. The first-order valence-electron chi connectivity index (χ1n) is 11.8. The molecule has 0 aromatic heterocycles. The summed E-state index contributed by atoms with van der Waals surface area (Å²) in [6, 6.07) is 4.68. The van der Waals surface area contributed by atoms with Gasteiger partial charge in [0.2, 0.25) is 0 Å². The fourth-order valence-corrected chi connectivity index (χ4v) is 6.35. The van der Waals surface area contributed by atoms with Crippen molar-refractivity contribution < 1.29 is 22.3 Å². The predicted molar refractivity (Wildman–Crippen MR) is 126 cm³/mol. The Bertz CT molecular complexity index is 906. The lowest BCUT2D eigenvalue weighted by Gasteiger charge is -2.38. The number of carbonyl (C=O) groups excluding carboxylic acids is 1. The van der Waals surface area contributed by atoms with Gasteiger partial charge in [0, 0.05) is 31.1 Å². The fourth-order valence-electron chi connectivity index (χ4n) is 4.90. The largest absolute Gasteiger partial charge is 0.372 e. The minimum Gasteiger partial charge on any atom is -0.372 e. The van der Waals surface area contributed by atoms with Crippen LogP contribution in [0.4, 0.5) is 10.1 Å². The van der Waals surface area contributed by atoms with Crippen LogP contribution in [0.3, 0.4) is 0 Å². The number of rotatable bonds is 6. The Labute approximate surface area is 192 Å². The van der Waals surface area contributed by atoms with Gasteiger partial charge in [0.15, 0.2) is 9.84 Å². The Kier molecular flexibility index (Phi) is 7.70. The van der Waals surface area contributed by atoms with Crippen molar-refractivity contribution in [3.63, 3.8) is 0 Å². The molecule has 1 heterocycles. The van der Waals surface area contributed by atoms with Gasteiger partial charge in [0.05, 0.1) is 22.7 Å². The maximum absolute atomic E-state index is 14.1. The number of ether oxygens (including phenoxy) is 1. The van der Waals surface area contributed by atoms with E-state index < -0.39 is 14.6 Å². The highest BCUT2D eigenvalue weighted by atomic mass is 32.2. The summed E-state index contributed by atoms with van der Waals surface area (Å²) in [5, 5.41) is 0. The van der Waals surface area contributed by atoms with Crippen LogP contribution >= 0.6 is 0 Å². The molecule has 1 aromatic carbocycles. The van der Waals surface area contributed by atoms with Crippen LogP contribution < -0.4 is 4.90 Å². The second kappa shape index (κ2) is 9.80. The zero-order valence-corrected chi connectivity index (χ0v) is 20.9. The summed E-state index contributed by atoms with van der Waals surface area (Å²) in [5.41, 5.74) is 1.64. The quantitative estimate of drug-likeness (QED) is 0.613. The summed E-state index contributed by atoms with van der Waals surface area (Å²) >= 11 is 0. The Morgan fingerprint density at radius 3 is 2.25 bits per heavy atom. The van der Waals surface area contributed by atoms with Crippen LogP contribution in [0.1, 0.15) is 65.9 Å². The van der Waals surface area contributed by atoms with Gasteiger partial charge in [-0.25, -0.2) is 12.8 Å². The van der Waals surface area contributed by atoms with E-state index in [4.69, 9.17) is 4.74 Å². The summed E-state index contributed by atoms with van der Waals surface area (Å²) in [6.45, 7) is 10.6. The van der Waals surface area contributed by atoms with Gasteiger partial charge in [0.1, 0.15) is 11.6 Å². The molecule has 1 aliphatic heterocycles. The predicted octanol–water partition coefficient (Wildman–Crippen LogP) is 4.57. The molecule has 1 saturated heterocycles. The number of anilines is 1. The normalized spacial score (nSPS) is 27.4. The van der Waals surface area contributed by atoms with Crippen LogP contribution in [-0.2, 0) is 25.8 Å². The number of halogens is 1. The second-order valence-electron chi connectivity index (χ2n) is 10.7. The molecule has 3 rings (SSSR count). The van der Waals surface area contributed by atoms with Crippen LogP contribution in [-0.4, -0.2) is 50.0 Å². The van der Waals surface area contributed by atoms with Crippen LogP contribution in [0.15, 0.2) is 18.2 Å². The number of Topliss-reactive ketones (excluding diaryl/α,β-unsaturated/α-hetero) is 1. The average Bonchev–Trinajstić information content (AvgIpc) is 2.68. The molecule has 2 atom stereocenters. The van der Waals surface area contributed by atoms with Gasteiger partial charge in [-0.3, -0.25) is 4.79 Å². The third-order valence-electron chi connectivity index (χ3n) is 6.86. The molecule has 1 aromatic rings. The summed E-state index contributed by atoms with van der Waals surface area (Å²) in [6.07, 6.45) is 3.36. The molecule has 0 unspecified atom stereocenters. The molecule has 0 spiro atoms. The first-order valence-corrected chi connectivity index (χ1v) is 13.4. The molecule has 0 bridgehead atoms. The van der Waals surface area contributed by atoms with Gasteiger partial charge in [-0.1, -0.05) is 6.07 Å². The lowest BCUT2D eigenvalue weighted by molar-refractivity contribution is -0.123. The monoisotopic (exact) mass is 467 g/mol. The highest BCUT2D eigenvalue weighted by molar-refractivity contribution is 7.92. The molecule has 7 heteroatoms.